The van der Waals surface area contributed by atoms with Gasteiger partial charge in [0.25, 0.3) is 5.69 Å². The molecule has 0 aromatic heterocycles. The predicted molar refractivity (Wildman–Crippen MR) is 93.9 cm³/mol. The third-order valence-electron chi connectivity index (χ3n) is 6.22. The van der Waals surface area contributed by atoms with E-state index in [1.54, 1.807) is 6.92 Å². The smallest absolute Gasteiger partial charge is 0.293 e. The van der Waals surface area contributed by atoms with Gasteiger partial charge in [-0.15, -0.1) is 0 Å². The number of aryl methyl sites for hydroxylation is 2. The van der Waals surface area contributed by atoms with Gasteiger partial charge in [0.2, 0.25) is 5.91 Å². The molecule has 0 radical (unpaired) electrons. The van der Waals surface area contributed by atoms with Gasteiger partial charge in [-0.2, -0.15) is 0 Å². The summed E-state index contributed by atoms with van der Waals surface area (Å²) in [5.74, 6) is 0.320. The second kappa shape index (κ2) is 5.16. The summed E-state index contributed by atoms with van der Waals surface area (Å²) in [7, 11) is 0. The zero-order chi connectivity index (χ0) is 17.9. The summed E-state index contributed by atoms with van der Waals surface area (Å²) in [6.45, 7) is 12.1. The van der Waals surface area contributed by atoms with Gasteiger partial charge in [0.05, 0.1) is 10.3 Å². The lowest BCUT2D eigenvalue weighted by atomic mass is 9.68. The number of amides is 1. The maximum absolute atomic E-state index is 13.1. The third kappa shape index (κ3) is 2.18. The summed E-state index contributed by atoms with van der Waals surface area (Å²) in [4.78, 5) is 24.1. The average Bonchev–Trinajstić information content (AvgIpc) is 3.01. The Balaban J connectivity index is 1.97. The zero-order valence-corrected chi connectivity index (χ0v) is 14.7. The van der Waals surface area contributed by atoms with E-state index in [1.165, 1.54) is 6.07 Å². The summed E-state index contributed by atoms with van der Waals surface area (Å²) in [5.41, 5.74) is 2.12. The van der Waals surface area contributed by atoms with Crippen molar-refractivity contribution in [2.24, 2.45) is 16.7 Å². The summed E-state index contributed by atoms with van der Waals surface area (Å²) in [6, 6.07) is 3.36. The molecule has 128 valence electrons. The first-order valence-corrected chi connectivity index (χ1v) is 8.36. The van der Waals surface area contributed by atoms with Gasteiger partial charge >= 0.3 is 0 Å². The molecule has 0 aliphatic heterocycles. The number of nitro benzene ring substituents is 1. The van der Waals surface area contributed by atoms with Gasteiger partial charge in [0.15, 0.2) is 0 Å². The van der Waals surface area contributed by atoms with Crippen LogP contribution in [0.25, 0.3) is 0 Å². The van der Waals surface area contributed by atoms with E-state index >= 15 is 0 Å². The molecule has 2 aliphatic carbocycles. The summed E-state index contributed by atoms with van der Waals surface area (Å²) < 4.78 is 0. The summed E-state index contributed by atoms with van der Waals surface area (Å²) in [5, 5.41) is 14.3. The quantitative estimate of drug-likeness (QED) is 0.503. The van der Waals surface area contributed by atoms with Crippen molar-refractivity contribution in [2.45, 2.75) is 47.0 Å². The molecule has 0 saturated heterocycles. The van der Waals surface area contributed by atoms with E-state index in [-0.39, 0.29) is 17.0 Å². The number of nitrogens with zero attached hydrogens (tertiary/aromatic N) is 1. The molecule has 3 rings (SSSR count). The first-order valence-electron chi connectivity index (χ1n) is 8.36. The Hall–Kier alpha value is -2.17. The lowest BCUT2D eigenvalue weighted by Gasteiger charge is -2.37. The van der Waals surface area contributed by atoms with Crippen LogP contribution in [0.2, 0.25) is 0 Å². The number of benzene rings is 1. The van der Waals surface area contributed by atoms with Crippen molar-refractivity contribution in [3.05, 3.63) is 45.5 Å². The minimum atomic E-state index is -0.584. The predicted octanol–water partition coefficient (Wildman–Crippen LogP) is 4.53. The number of fused-ring (bicyclic) bond motifs is 2. The molecule has 0 heterocycles. The van der Waals surface area contributed by atoms with Gasteiger partial charge in [-0.05, 0) is 55.6 Å². The van der Waals surface area contributed by atoms with Crippen molar-refractivity contribution in [3.63, 3.8) is 0 Å². The number of carbonyl (C=O) groups excluding carboxylic acids is 1. The maximum Gasteiger partial charge on any atom is 0.293 e. The van der Waals surface area contributed by atoms with E-state index in [1.807, 2.05) is 13.0 Å². The number of rotatable bonds is 3. The first kappa shape index (κ1) is 16.7. The highest BCUT2D eigenvalue weighted by atomic mass is 16.6. The van der Waals surface area contributed by atoms with Crippen LogP contribution in [0.4, 0.5) is 11.4 Å². The van der Waals surface area contributed by atoms with Crippen molar-refractivity contribution in [3.8, 4) is 0 Å². The summed E-state index contributed by atoms with van der Waals surface area (Å²) in [6.07, 6.45) is 2.59. The Kier molecular flexibility index (Phi) is 3.59. The van der Waals surface area contributed by atoms with Gasteiger partial charge < -0.3 is 5.32 Å². The zero-order valence-electron chi connectivity index (χ0n) is 14.7. The van der Waals surface area contributed by atoms with Gasteiger partial charge in [-0.25, -0.2) is 0 Å². The molecular formula is C19H24N2O3. The minimum Gasteiger partial charge on any atom is -0.319 e. The Morgan fingerprint density at radius 2 is 2.04 bits per heavy atom. The van der Waals surface area contributed by atoms with E-state index in [9.17, 15) is 14.9 Å². The molecule has 2 aliphatic rings. The van der Waals surface area contributed by atoms with Crippen LogP contribution in [0.5, 0.6) is 0 Å². The Labute approximate surface area is 142 Å². The van der Waals surface area contributed by atoms with E-state index in [4.69, 9.17) is 0 Å². The van der Waals surface area contributed by atoms with Crippen molar-refractivity contribution in [2.75, 3.05) is 5.32 Å². The molecule has 5 heteroatoms. The number of hydrogen-bond acceptors (Lipinski definition) is 3. The molecule has 24 heavy (non-hydrogen) atoms. The minimum absolute atomic E-state index is 0.0466. The molecule has 2 saturated carbocycles. The third-order valence-corrected chi connectivity index (χ3v) is 6.22. The normalized spacial score (nSPS) is 27.3. The van der Waals surface area contributed by atoms with Crippen LogP contribution in [0, 0.1) is 40.7 Å². The van der Waals surface area contributed by atoms with Crippen LogP contribution in [0.15, 0.2) is 24.3 Å². The van der Waals surface area contributed by atoms with E-state index in [0.717, 1.165) is 30.4 Å². The monoisotopic (exact) mass is 328 g/mol. The molecule has 1 amide bonds. The number of anilines is 1. The van der Waals surface area contributed by atoms with Crippen molar-refractivity contribution in [1.29, 1.82) is 0 Å². The van der Waals surface area contributed by atoms with Crippen molar-refractivity contribution < 1.29 is 9.72 Å². The van der Waals surface area contributed by atoms with Gasteiger partial charge in [-0.1, -0.05) is 32.1 Å². The number of nitro groups is 1. The van der Waals surface area contributed by atoms with Crippen molar-refractivity contribution in [1.82, 2.24) is 0 Å². The largest absolute Gasteiger partial charge is 0.319 e. The highest BCUT2D eigenvalue weighted by molar-refractivity contribution is 6.00. The number of carbonyl (C=O) groups is 1. The van der Waals surface area contributed by atoms with Crippen LogP contribution in [0.3, 0.4) is 0 Å². The topological polar surface area (TPSA) is 72.2 Å². The Morgan fingerprint density at radius 3 is 2.58 bits per heavy atom. The van der Waals surface area contributed by atoms with E-state index in [2.05, 4.69) is 25.7 Å². The van der Waals surface area contributed by atoms with Crippen LogP contribution < -0.4 is 5.32 Å². The SMILES string of the molecule is C=C1C(C)(C)[C@@H]2CC[C@]1(C(=O)Nc1c(C)cc(C)cc1[N+](=O)[O-])C2. The first-order chi connectivity index (χ1) is 11.1. The van der Waals surface area contributed by atoms with Gasteiger partial charge in [0.1, 0.15) is 5.69 Å². The number of hydrogen-bond donors (Lipinski definition) is 1. The lowest BCUT2D eigenvalue weighted by Crippen LogP contribution is -2.37. The van der Waals surface area contributed by atoms with Gasteiger partial charge in [0, 0.05) is 6.07 Å². The van der Waals surface area contributed by atoms with E-state index in [0.29, 0.717) is 17.2 Å². The van der Waals surface area contributed by atoms with Crippen LogP contribution in [-0.4, -0.2) is 10.8 Å². The molecule has 1 aromatic rings. The maximum atomic E-state index is 13.1. The molecule has 5 nitrogen and oxygen atoms in total. The van der Waals surface area contributed by atoms with Crippen LogP contribution >= 0.6 is 0 Å². The van der Waals surface area contributed by atoms with Crippen LogP contribution in [0.1, 0.15) is 44.2 Å². The molecule has 1 aromatic carbocycles. The summed E-state index contributed by atoms with van der Waals surface area (Å²) >= 11 is 0. The second-order valence-electron chi connectivity index (χ2n) is 7.91. The molecule has 0 spiro atoms. The average molecular weight is 328 g/mol. The highest BCUT2D eigenvalue weighted by Crippen LogP contribution is 2.65. The Bertz CT molecular complexity index is 766. The number of nitrogens with one attached hydrogen (secondary N) is 1. The van der Waals surface area contributed by atoms with Crippen molar-refractivity contribution >= 4 is 17.3 Å². The highest BCUT2D eigenvalue weighted by Gasteiger charge is 2.61. The Morgan fingerprint density at radius 1 is 1.38 bits per heavy atom. The fourth-order valence-electron chi connectivity index (χ4n) is 4.63. The fraction of sp³-hybridized carbons (Fsp3) is 0.526. The van der Waals surface area contributed by atoms with Gasteiger partial charge in [-0.3, -0.25) is 14.9 Å². The molecule has 2 bridgehead atoms. The van der Waals surface area contributed by atoms with E-state index < -0.39 is 10.3 Å². The molecule has 1 N–H and O–H groups in total. The molecule has 0 unspecified atom stereocenters. The fourth-order valence-corrected chi connectivity index (χ4v) is 4.63. The standard InChI is InChI=1S/C19H24N2O3/c1-11-8-12(2)16(15(9-11)21(23)24)20-17(22)19-7-6-14(10-19)18(4,5)13(19)3/h8-9,14H,3,6-7,10H2,1-2,4-5H3,(H,20,22)/t14-,19+/m1/s1. The molecule has 2 atom stereocenters. The van der Waals surface area contributed by atoms with Crippen LogP contribution in [-0.2, 0) is 4.79 Å². The lowest BCUT2D eigenvalue weighted by molar-refractivity contribution is -0.384. The molecule has 2 fully saturated rings. The molecular weight excluding hydrogens is 304 g/mol. The second-order valence-corrected chi connectivity index (χ2v) is 7.91.